The van der Waals surface area contributed by atoms with Crippen molar-refractivity contribution in [2.24, 2.45) is 11.3 Å². The Bertz CT molecular complexity index is 643. The zero-order chi connectivity index (χ0) is 18.4. The van der Waals surface area contributed by atoms with E-state index in [9.17, 15) is 13.2 Å². The lowest BCUT2D eigenvalue weighted by atomic mass is 9.77. The molecule has 148 valence electrons. The minimum atomic E-state index is -3.45. The standard InChI is InChI=1S/C18H32N4O3S/c1-19-10-12-21(13-11-19)26(24,25)22-9-7-18(15-22)6-3-8-20(17(18)23)14-16-4-2-5-16/h16H,2-15H2,1H3/t18-/m0/s1. The average molecular weight is 385 g/mol. The summed E-state index contributed by atoms with van der Waals surface area (Å²) in [7, 11) is -1.43. The topological polar surface area (TPSA) is 64.2 Å². The fourth-order valence-electron chi connectivity index (χ4n) is 4.91. The van der Waals surface area contributed by atoms with E-state index in [4.69, 9.17) is 0 Å². The molecule has 0 aromatic carbocycles. The quantitative estimate of drug-likeness (QED) is 0.712. The van der Waals surface area contributed by atoms with Crippen LogP contribution in [0, 0.1) is 11.3 Å². The first-order valence-electron chi connectivity index (χ1n) is 10.1. The van der Waals surface area contributed by atoms with Crippen molar-refractivity contribution < 1.29 is 13.2 Å². The predicted octanol–water partition coefficient (Wildman–Crippen LogP) is 0.593. The lowest BCUT2D eigenvalue weighted by molar-refractivity contribution is -0.146. The number of likely N-dealkylation sites (tertiary alicyclic amines) is 1. The molecule has 4 aliphatic rings. The van der Waals surface area contributed by atoms with Gasteiger partial charge in [0, 0.05) is 52.4 Å². The minimum absolute atomic E-state index is 0.215. The first-order chi connectivity index (χ1) is 12.4. The summed E-state index contributed by atoms with van der Waals surface area (Å²) in [6.07, 6.45) is 6.28. The number of nitrogens with zero attached hydrogens (tertiary/aromatic N) is 4. The number of hydrogen-bond donors (Lipinski definition) is 0. The van der Waals surface area contributed by atoms with Gasteiger partial charge in [0.05, 0.1) is 5.41 Å². The number of carbonyl (C=O) groups excluding carboxylic acids is 1. The Hall–Kier alpha value is -0.700. The molecule has 26 heavy (non-hydrogen) atoms. The van der Waals surface area contributed by atoms with E-state index in [0.29, 0.717) is 38.5 Å². The molecule has 0 unspecified atom stereocenters. The summed E-state index contributed by atoms with van der Waals surface area (Å²) in [6.45, 7) is 5.22. The molecular formula is C18H32N4O3S. The number of hydrogen-bond acceptors (Lipinski definition) is 4. The highest BCUT2D eigenvalue weighted by Gasteiger charge is 2.52. The van der Waals surface area contributed by atoms with E-state index in [-0.39, 0.29) is 5.91 Å². The molecule has 1 saturated carbocycles. The molecular weight excluding hydrogens is 352 g/mol. The van der Waals surface area contributed by atoms with Crippen molar-refractivity contribution in [2.75, 3.05) is 59.4 Å². The van der Waals surface area contributed by atoms with Crippen molar-refractivity contribution >= 4 is 16.1 Å². The van der Waals surface area contributed by atoms with Crippen molar-refractivity contribution in [1.82, 2.24) is 18.4 Å². The SMILES string of the molecule is CN1CCN(S(=O)(=O)N2CC[C@@]3(CCCN(CC4CCC4)C3=O)C2)CC1. The van der Waals surface area contributed by atoms with Crippen LogP contribution in [0.15, 0.2) is 0 Å². The second-order valence-electron chi connectivity index (χ2n) is 8.73. The third-order valence-corrected chi connectivity index (χ3v) is 8.94. The van der Waals surface area contributed by atoms with Crippen LogP contribution in [0.1, 0.15) is 38.5 Å². The summed E-state index contributed by atoms with van der Waals surface area (Å²) >= 11 is 0. The van der Waals surface area contributed by atoms with Gasteiger partial charge in [0.25, 0.3) is 10.2 Å². The second-order valence-corrected chi connectivity index (χ2v) is 10.7. The van der Waals surface area contributed by atoms with E-state index < -0.39 is 15.6 Å². The van der Waals surface area contributed by atoms with Gasteiger partial charge in [-0.3, -0.25) is 4.79 Å². The number of amides is 1. The number of carbonyl (C=O) groups is 1. The number of piperidine rings is 1. The zero-order valence-electron chi connectivity index (χ0n) is 15.9. The van der Waals surface area contributed by atoms with Gasteiger partial charge in [0.15, 0.2) is 0 Å². The molecule has 0 aromatic rings. The molecule has 1 atom stereocenters. The van der Waals surface area contributed by atoms with Gasteiger partial charge in [-0.05, 0) is 45.1 Å². The number of rotatable bonds is 4. The summed E-state index contributed by atoms with van der Waals surface area (Å²) in [5.74, 6) is 0.882. The van der Waals surface area contributed by atoms with Crippen LogP contribution >= 0.6 is 0 Å². The van der Waals surface area contributed by atoms with Crippen LogP contribution in [0.25, 0.3) is 0 Å². The first-order valence-corrected chi connectivity index (χ1v) is 11.5. The van der Waals surface area contributed by atoms with E-state index in [1.807, 2.05) is 11.9 Å². The maximum atomic E-state index is 13.2. The Balaban J connectivity index is 1.43. The molecule has 3 aliphatic heterocycles. The molecule has 1 spiro atoms. The van der Waals surface area contributed by atoms with Gasteiger partial charge in [-0.2, -0.15) is 17.0 Å². The largest absolute Gasteiger partial charge is 0.342 e. The molecule has 0 bridgehead atoms. The molecule has 1 amide bonds. The Morgan fingerprint density at radius 2 is 1.69 bits per heavy atom. The first kappa shape index (κ1) is 18.7. The summed E-state index contributed by atoms with van der Waals surface area (Å²) in [5, 5.41) is 0. The van der Waals surface area contributed by atoms with Gasteiger partial charge in [-0.1, -0.05) is 6.42 Å². The van der Waals surface area contributed by atoms with Crippen molar-refractivity contribution in [3.8, 4) is 0 Å². The second kappa shape index (κ2) is 7.04. The van der Waals surface area contributed by atoms with Crippen LogP contribution in [0.5, 0.6) is 0 Å². The van der Waals surface area contributed by atoms with E-state index >= 15 is 0 Å². The van der Waals surface area contributed by atoms with Crippen LogP contribution in [-0.2, 0) is 15.0 Å². The predicted molar refractivity (Wildman–Crippen MR) is 99.8 cm³/mol. The fraction of sp³-hybridized carbons (Fsp3) is 0.944. The maximum absolute atomic E-state index is 13.2. The summed E-state index contributed by atoms with van der Waals surface area (Å²) < 4.78 is 29.3. The van der Waals surface area contributed by atoms with Gasteiger partial charge < -0.3 is 9.80 Å². The molecule has 7 nitrogen and oxygen atoms in total. The van der Waals surface area contributed by atoms with Crippen molar-refractivity contribution in [1.29, 1.82) is 0 Å². The normalized spacial score (nSPS) is 33.1. The van der Waals surface area contributed by atoms with Crippen LogP contribution in [-0.4, -0.2) is 92.1 Å². The monoisotopic (exact) mass is 384 g/mol. The van der Waals surface area contributed by atoms with Gasteiger partial charge in [0.1, 0.15) is 0 Å². The maximum Gasteiger partial charge on any atom is 0.282 e. The molecule has 0 N–H and O–H groups in total. The summed E-state index contributed by atoms with van der Waals surface area (Å²) in [4.78, 5) is 17.4. The molecule has 0 aromatic heterocycles. The van der Waals surface area contributed by atoms with Gasteiger partial charge in [0.2, 0.25) is 5.91 Å². The van der Waals surface area contributed by atoms with E-state index in [1.165, 1.54) is 19.3 Å². The lowest BCUT2D eigenvalue weighted by Gasteiger charge is -2.42. The Labute approximate surface area is 157 Å². The Morgan fingerprint density at radius 3 is 2.35 bits per heavy atom. The van der Waals surface area contributed by atoms with Crippen LogP contribution < -0.4 is 0 Å². The summed E-state index contributed by atoms with van der Waals surface area (Å²) in [6, 6.07) is 0. The zero-order valence-corrected chi connectivity index (χ0v) is 16.7. The Morgan fingerprint density at radius 1 is 0.962 bits per heavy atom. The highest BCUT2D eigenvalue weighted by molar-refractivity contribution is 7.86. The van der Waals surface area contributed by atoms with Gasteiger partial charge >= 0.3 is 0 Å². The molecule has 4 fully saturated rings. The molecule has 4 rings (SSSR count). The van der Waals surface area contributed by atoms with Gasteiger partial charge in [-0.25, -0.2) is 0 Å². The van der Waals surface area contributed by atoms with E-state index in [0.717, 1.165) is 39.0 Å². The summed E-state index contributed by atoms with van der Waals surface area (Å²) in [5.41, 5.74) is -0.471. The molecule has 3 saturated heterocycles. The molecule has 8 heteroatoms. The van der Waals surface area contributed by atoms with Crippen LogP contribution in [0.4, 0.5) is 0 Å². The third-order valence-electron chi connectivity index (χ3n) is 6.96. The molecule has 1 aliphatic carbocycles. The fourth-order valence-corrected chi connectivity index (χ4v) is 6.59. The molecule has 3 heterocycles. The highest BCUT2D eigenvalue weighted by atomic mass is 32.2. The Kier molecular flexibility index (Phi) is 5.05. The van der Waals surface area contributed by atoms with Crippen molar-refractivity contribution in [3.05, 3.63) is 0 Å². The highest BCUT2D eigenvalue weighted by Crippen LogP contribution is 2.42. The van der Waals surface area contributed by atoms with Gasteiger partial charge in [-0.15, -0.1) is 0 Å². The average Bonchev–Trinajstić information content (AvgIpc) is 3.01. The lowest BCUT2D eigenvalue weighted by Crippen LogP contribution is -2.54. The van der Waals surface area contributed by atoms with Crippen molar-refractivity contribution in [2.45, 2.75) is 38.5 Å². The molecule has 0 radical (unpaired) electrons. The number of piperazine rings is 1. The number of likely N-dealkylation sites (N-methyl/N-ethyl adjacent to an activating group) is 1. The van der Waals surface area contributed by atoms with E-state index in [1.54, 1.807) is 8.61 Å². The van der Waals surface area contributed by atoms with Crippen LogP contribution in [0.2, 0.25) is 0 Å². The van der Waals surface area contributed by atoms with Crippen molar-refractivity contribution in [3.63, 3.8) is 0 Å². The third kappa shape index (κ3) is 3.30. The minimum Gasteiger partial charge on any atom is -0.342 e. The van der Waals surface area contributed by atoms with E-state index in [2.05, 4.69) is 4.90 Å². The smallest absolute Gasteiger partial charge is 0.282 e. The van der Waals surface area contributed by atoms with Crippen LogP contribution in [0.3, 0.4) is 0 Å².